The van der Waals surface area contributed by atoms with Crippen molar-refractivity contribution in [3.63, 3.8) is 0 Å². The topological polar surface area (TPSA) is 71.3 Å². The molecule has 0 bridgehead atoms. The Balaban J connectivity index is 1.44. The zero-order valence-corrected chi connectivity index (χ0v) is 16.5. The van der Waals surface area contributed by atoms with Gasteiger partial charge in [-0.1, -0.05) is 34.4 Å². The Morgan fingerprint density at radius 3 is 3.07 bits per heavy atom. The Morgan fingerprint density at radius 2 is 2.26 bits per heavy atom. The van der Waals surface area contributed by atoms with Crippen LogP contribution in [0.4, 0.5) is 5.69 Å². The van der Waals surface area contributed by atoms with Crippen molar-refractivity contribution in [3.8, 4) is 10.7 Å². The van der Waals surface area contributed by atoms with E-state index in [2.05, 4.69) is 15.5 Å². The first-order valence-electron chi connectivity index (χ1n) is 8.46. The molecule has 0 aliphatic carbocycles. The van der Waals surface area contributed by atoms with Crippen molar-refractivity contribution >= 4 is 46.1 Å². The number of nitrogens with one attached hydrogen (secondary N) is 1. The minimum Gasteiger partial charge on any atom is -0.338 e. The molecule has 1 fully saturated rings. The third-order valence-corrected chi connectivity index (χ3v) is 5.83. The van der Waals surface area contributed by atoms with E-state index in [1.165, 1.54) is 0 Å². The second-order valence-electron chi connectivity index (χ2n) is 6.23. The number of amides is 1. The molecular weight excluding hydrogens is 407 g/mol. The van der Waals surface area contributed by atoms with Crippen LogP contribution in [0.15, 0.2) is 40.2 Å². The Hall–Kier alpha value is -1.93. The monoisotopic (exact) mass is 422 g/mol. The standard InChI is InChI=1S/C18H16Cl2N4O2S/c19-11-5-6-12(20)13(9-11)21-18(25)14-3-1-7-24(14)10-16-22-17(23-26-16)15-4-2-8-27-15/h2,4-6,8-9,14H,1,3,7,10H2,(H,21,25). The first kappa shape index (κ1) is 18.4. The fraction of sp³-hybridized carbons (Fsp3) is 0.278. The number of hydrogen-bond donors (Lipinski definition) is 1. The van der Waals surface area contributed by atoms with Gasteiger partial charge in [0.25, 0.3) is 0 Å². The molecule has 1 N–H and O–H groups in total. The summed E-state index contributed by atoms with van der Waals surface area (Å²) in [5, 5.41) is 9.84. The van der Waals surface area contributed by atoms with Crippen molar-refractivity contribution in [1.29, 1.82) is 0 Å². The van der Waals surface area contributed by atoms with Crippen LogP contribution < -0.4 is 5.32 Å². The predicted octanol–water partition coefficient (Wildman–Crippen LogP) is 4.71. The van der Waals surface area contributed by atoms with Gasteiger partial charge >= 0.3 is 0 Å². The van der Waals surface area contributed by atoms with E-state index in [1.54, 1.807) is 29.5 Å². The minimum atomic E-state index is -0.280. The van der Waals surface area contributed by atoms with Gasteiger partial charge in [0.15, 0.2) is 0 Å². The van der Waals surface area contributed by atoms with E-state index in [1.807, 2.05) is 22.4 Å². The first-order chi connectivity index (χ1) is 13.1. The van der Waals surface area contributed by atoms with Crippen molar-refractivity contribution < 1.29 is 9.32 Å². The van der Waals surface area contributed by atoms with Crippen molar-refractivity contribution in [3.05, 3.63) is 51.6 Å². The molecule has 3 heterocycles. The summed E-state index contributed by atoms with van der Waals surface area (Å²) >= 11 is 13.7. The molecule has 1 unspecified atom stereocenters. The Morgan fingerprint density at radius 1 is 1.37 bits per heavy atom. The Kier molecular flexibility index (Phi) is 5.45. The van der Waals surface area contributed by atoms with Gasteiger partial charge < -0.3 is 9.84 Å². The van der Waals surface area contributed by atoms with Crippen LogP contribution in [0.3, 0.4) is 0 Å². The maximum absolute atomic E-state index is 12.8. The average Bonchev–Trinajstić information content (AvgIpc) is 3.39. The van der Waals surface area contributed by atoms with Crippen molar-refractivity contribution in [2.45, 2.75) is 25.4 Å². The lowest BCUT2D eigenvalue weighted by Gasteiger charge is -2.22. The molecule has 1 saturated heterocycles. The number of nitrogens with zero attached hydrogens (tertiary/aromatic N) is 3. The van der Waals surface area contributed by atoms with Gasteiger partial charge in [0.05, 0.1) is 28.2 Å². The number of thiophene rings is 1. The lowest BCUT2D eigenvalue weighted by molar-refractivity contribution is -0.120. The van der Waals surface area contributed by atoms with Gasteiger partial charge in [0.1, 0.15) is 0 Å². The molecule has 9 heteroatoms. The Labute approximate surface area is 170 Å². The van der Waals surface area contributed by atoms with Gasteiger partial charge in [-0.3, -0.25) is 9.69 Å². The summed E-state index contributed by atoms with van der Waals surface area (Å²) in [5.41, 5.74) is 0.513. The quantitative estimate of drug-likeness (QED) is 0.644. The highest BCUT2D eigenvalue weighted by molar-refractivity contribution is 7.13. The molecule has 4 rings (SSSR count). The maximum Gasteiger partial charge on any atom is 0.241 e. The van der Waals surface area contributed by atoms with E-state index >= 15 is 0 Å². The zero-order chi connectivity index (χ0) is 18.8. The van der Waals surface area contributed by atoms with Crippen molar-refractivity contribution in [1.82, 2.24) is 15.0 Å². The van der Waals surface area contributed by atoms with E-state index in [0.29, 0.717) is 34.0 Å². The third-order valence-electron chi connectivity index (χ3n) is 4.40. The molecule has 3 aromatic rings. The normalized spacial score (nSPS) is 17.3. The van der Waals surface area contributed by atoms with Gasteiger partial charge in [-0.2, -0.15) is 4.98 Å². The van der Waals surface area contributed by atoms with Crippen LogP contribution in [0.2, 0.25) is 10.0 Å². The second-order valence-corrected chi connectivity index (χ2v) is 8.02. The molecule has 1 aliphatic rings. The highest BCUT2D eigenvalue weighted by atomic mass is 35.5. The molecule has 0 radical (unpaired) electrons. The van der Waals surface area contributed by atoms with E-state index in [4.69, 9.17) is 27.7 Å². The van der Waals surface area contributed by atoms with Crippen LogP contribution in [0, 0.1) is 0 Å². The zero-order valence-electron chi connectivity index (χ0n) is 14.2. The summed E-state index contributed by atoms with van der Waals surface area (Å²) in [6.07, 6.45) is 1.68. The van der Waals surface area contributed by atoms with Crippen LogP contribution in [0.5, 0.6) is 0 Å². The second kappa shape index (κ2) is 7.98. The van der Waals surface area contributed by atoms with Crippen LogP contribution in [-0.4, -0.2) is 33.5 Å². The Bertz CT molecular complexity index is 945. The summed E-state index contributed by atoms with van der Waals surface area (Å²) in [5.74, 6) is 0.958. The molecule has 0 spiro atoms. The maximum atomic E-state index is 12.8. The smallest absolute Gasteiger partial charge is 0.241 e. The summed E-state index contributed by atoms with van der Waals surface area (Å²) in [6, 6.07) is 8.60. The molecule has 1 aliphatic heterocycles. The minimum absolute atomic E-state index is 0.116. The average molecular weight is 423 g/mol. The van der Waals surface area contributed by atoms with E-state index in [9.17, 15) is 4.79 Å². The lowest BCUT2D eigenvalue weighted by atomic mass is 10.2. The largest absolute Gasteiger partial charge is 0.338 e. The van der Waals surface area contributed by atoms with Gasteiger partial charge in [0, 0.05) is 5.02 Å². The number of carbonyl (C=O) groups excluding carboxylic acids is 1. The fourth-order valence-corrected chi connectivity index (χ4v) is 4.11. The first-order valence-corrected chi connectivity index (χ1v) is 10.1. The van der Waals surface area contributed by atoms with E-state index < -0.39 is 0 Å². The molecule has 0 saturated carbocycles. The van der Waals surface area contributed by atoms with E-state index in [0.717, 1.165) is 24.3 Å². The summed E-state index contributed by atoms with van der Waals surface area (Å²) in [6.45, 7) is 1.22. The van der Waals surface area contributed by atoms with E-state index in [-0.39, 0.29) is 11.9 Å². The summed E-state index contributed by atoms with van der Waals surface area (Å²) in [4.78, 5) is 20.2. The van der Waals surface area contributed by atoms with Crippen molar-refractivity contribution in [2.24, 2.45) is 0 Å². The molecule has 6 nitrogen and oxygen atoms in total. The lowest BCUT2D eigenvalue weighted by Crippen LogP contribution is -2.39. The van der Waals surface area contributed by atoms with Crippen molar-refractivity contribution in [2.75, 3.05) is 11.9 Å². The third kappa shape index (κ3) is 4.16. The molecule has 140 valence electrons. The number of anilines is 1. The number of halogens is 2. The van der Waals surface area contributed by atoms with Gasteiger partial charge in [-0.05, 0) is 49.0 Å². The van der Waals surface area contributed by atoms with Gasteiger partial charge in [0.2, 0.25) is 17.6 Å². The molecule has 1 aromatic carbocycles. The fourth-order valence-electron chi connectivity index (χ4n) is 3.12. The molecular formula is C18H16Cl2N4O2S. The number of aromatic nitrogens is 2. The van der Waals surface area contributed by atoms with Crippen LogP contribution >= 0.6 is 34.5 Å². The molecule has 1 amide bonds. The van der Waals surface area contributed by atoms with Gasteiger partial charge in [-0.15, -0.1) is 11.3 Å². The predicted molar refractivity (Wildman–Crippen MR) is 106 cm³/mol. The molecule has 1 atom stereocenters. The number of carbonyl (C=O) groups is 1. The highest BCUT2D eigenvalue weighted by Gasteiger charge is 2.32. The van der Waals surface area contributed by atoms with Crippen LogP contribution in [0.25, 0.3) is 10.7 Å². The number of likely N-dealkylation sites (tertiary alicyclic amines) is 1. The number of rotatable bonds is 5. The highest BCUT2D eigenvalue weighted by Crippen LogP contribution is 2.28. The number of benzene rings is 1. The summed E-state index contributed by atoms with van der Waals surface area (Å²) < 4.78 is 5.37. The van der Waals surface area contributed by atoms with Crippen LogP contribution in [-0.2, 0) is 11.3 Å². The molecule has 2 aromatic heterocycles. The number of hydrogen-bond acceptors (Lipinski definition) is 6. The SMILES string of the molecule is O=C(Nc1cc(Cl)ccc1Cl)C1CCCN1Cc1nc(-c2cccs2)no1. The summed E-state index contributed by atoms with van der Waals surface area (Å²) in [7, 11) is 0. The van der Waals surface area contributed by atoms with Gasteiger partial charge in [-0.25, -0.2) is 0 Å². The molecule has 27 heavy (non-hydrogen) atoms. The van der Waals surface area contributed by atoms with Crippen LogP contribution in [0.1, 0.15) is 18.7 Å².